The normalized spacial score (nSPS) is 25.9. The summed E-state index contributed by atoms with van der Waals surface area (Å²) in [5, 5.41) is 0.597. The first kappa shape index (κ1) is 18.6. The summed E-state index contributed by atoms with van der Waals surface area (Å²) >= 11 is 4.61. The fraction of sp³-hybridized carbons (Fsp3) is 0.700. The van der Waals surface area contributed by atoms with Crippen LogP contribution in [0.3, 0.4) is 0 Å². The Labute approximate surface area is 138 Å². The zero-order valence-corrected chi connectivity index (χ0v) is 15.7. The van der Waals surface area contributed by atoms with E-state index in [0.29, 0.717) is 5.25 Å². The molecule has 2 atom stereocenters. The van der Waals surface area contributed by atoms with Gasteiger partial charge in [0.2, 0.25) is 0 Å². The zero-order valence-electron chi connectivity index (χ0n) is 14.8. The lowest BCUT2D eigenvalue weighted by Crippen LogP contribution is -2.23. The molecule has 0 bridgehead atoms. The van der Waals surface area contributed by atoms with Crippen LogP contribution in [0, 0.1) is 17.8 Å². The Morgan fingerprint density at radius 2 is 1.62 bits per heavy atom. The first-order chi connectivity index (χ1) is 9.81. The van der Waals surface area contributed by atoms with E-state index in [0.717, 1.165) is 17.8 Å². The van der Waals surface area contributed by atoms with Crippen molar-refractivity contribution in [2.75, 3.05) is 0 Å². The van der Waals surface area contributed by atoms with Crippen LogP contribution < -0.4 is 0 Å². The summed E-state index contributed by atoms with van der Waals surface area (Å²) in [6, 6.07) is 0. The number of rotatable bonds is 2. The van der Waals surface area contributed by atoms with Crippen molar-refractivity contribution in [2.24, 2.45) is 17.8 Å². The Kier molecular flexibility index (Phi) is 7.87. The molecule has 2 aliphatic rings. The molecule has 21 heavy (non-hydrogen) atoms. The summed E-state index contributed by atoms with van der Waals surface area (Å²) in [4.78, 5) is 0. The van der Waals surface area contributed by atoms with Crippen LogP contribution in [0.5, 0.6) is 0 Å². The molecule has 0 saturated carbocycles. The second-order valence-corrected chi connectivity index (χ2v) is 8.02. The van der Waals surface area contributed by atoms with E-state index in [1.807, 2.05) is 0 Å². The van der Waals surface area contributed by atoms with Gasteiger partial charge in [-0.15, -0.1) is 0 Å². The van der Waals surface area contributed by atoms with Gasteiger partial charge >= 0.3 is 0 Å². The molecule has 0 N–H and O–H groups in total. The van der Waals surface area contributed by atoms with Crippen LogP contribution in [0.15, 0.2) is 34.9 Å². The first-order valence-electron chi connectivity index (χ1n) is 8.49. The number of hydrogen-bond acceptors (Lipinski definition) is 1. The molecule has 0 nitrogen and oxygen atoms in total. The van der Waals surface area contributed by atoms with Gasteiger partial charge in [0.15, 0.2) is 0 Å². The van der Waals surface area contributed by atoms with Gasteiger partial charge in [0.05, 0.1) is 0 Å². The maximum atomic E-state index is 4.61. The van der Waals surface area contributed by atoms with Crippen LogP contribution in [0.1, 0.15) is 67.2 Å². The number of allylic oxidation sites excluding steroid dienone is 6. The molecule has 1 heteroatoms. The maximum Gasteiger partial charge on any atom is 0.00875 e. The lowest BCUT2D eigenvalue weighted by atomic mass is 9.82. The summed E-state index contributed by atoms with van der Waals surface area (Å²) in [5.74, 6) is 2.31. The van der Waals surface area contributed by atoms with E-state index in [9.17, 15) is 0 Å². The topological polar surface area (TPSA) is 0 Å². The molecule has 2 unspecified atom stereocenters. The van der Waals surface area contributed by atoms with Crippen LogP contribution in [0.25, 0.3) is 0 Å². The molecule has 0 aromatic heterocycles. The molecule has 2 aliphatic carbocycles. The van der Waals surface area contributed by atoms with E-state index in [1.54, 1.807) is 5.57 Å². The fourth-order valence-electron chi connectivity index (χ4n) is 3.00. The Bertz CT molecular complexity index is 410. The molecule has 0 spiro atoms. The number of hydrogen-bond donors (Lipinski definition) is 1. The smallest absolute Gasteiger partial charge is 0.00875 e. The predicted octanol–water partition coefficient (Wildman–Crippen LogP) is 6.61. The highest BCUT2D eigenvalue weighted by atomic mass is 32.1. The zero-order chi connectivity index (χ0) is 16.0. The standard InChI is InChI=1S/C10H18S.C10H16/c1-7(2)9-5-4-8(3)6-10(9)11;1-8(2)10-6-4-9(3)5-7-10/h4,7,9-11H,5-6H2,1-3H3;4,7-8H,5-6H2,1-3H3. The quantitative estimate of drug-likeness (QED) is 0.431. The highest BCUT2D eigenvalue weighted by Crippen LogP contribution is 2.32. The Morgan fingerprint density at radius 1 is 0.952 bits per heavy atom. The van der Waals surface area contributed by atoms with Crippen molar-refractivity contribution in [3.63, 3.8) is 0 Å². The third-order valence-electron chi connectivity index (χ3n) is 4.73. The van der Waals surface area contributed by atoms with Gasteiger partial charge in [-0.3, -0.25) is 0 Å². The molecule has 2 rings (SSSR count). The van der Waals surface area contributed by atoms with Gasteiger partial charge in [-0.25, -0.2) is 0 Å². The maximum absolute atomic E-state index is 4.61. The van der Waals surface area contributed by atoms with Gasteiger partial charge in [0, 0.05) is 5.25 Å². The van der Waals surface area contributed by atoms with Crippen molar-refractivity contribution < 1.29 is 0 Å². The third-order valence-corrected chi connectivity index (χ3v) is 5.30. The van der Waals surface area contributed by atoms with Gasteiger partial charge in [-0.1, -0.05) is 62.6 Å². The van der Waals surface area contributed by atoms with Crippen LogP contribution in [-0.2, 0) is 0 Å². The molecule has 0 aliphatic heterocycles. The van der Waals surface area contributed by atoms with E-state index in [-0.39, 0.29) is 0 Å². The average molecular weight is 307 g/mol. The first-order valence-corrected chi connectivity index (χ1v) is 9.01. The SMILES string of the molecule is CC1=CCC(C(C)C)=CC1.CC1=CCC(C(C)C)C(S)C1. The van der Waals surface area contributed by atoms with Crippen LogP contribution in [0.4, 0.5) is 0 Å². The van der Waals surface area contributed by atoms with Crippen LogP contribution in [0.2, 0.25) is 0 Å². The van der Waals surface area contributed by atoms with Gasteiger partial charge in [-0.05, 0) is 57.3 Å². The summed E-state index contributed by atoms with van der Waals surface area (Å²) in [6.45, 7) is 13.5. The molecule has 120 valence electrons. The Balaban J connectivity index is 0.000000211. The van der Waals surface area contributed by atoms with Crippen molar-refractivity contribution in [1.82, 2.24) is 0 Å². The van der Waals surface area contributed by atoms with E-state index < -0.39 is 0 Å². The van der Waals surface area contributed by atoms with E-state index in [2.05, 4.69) is 72.4 Å². The molecular formula is C20H34S. The molecule has 0 saturated heterocycles. The van der Waals surface area contributed by atoms with Crippen molar-refractivity contribution in [2.45, 2.75) is 72.5 Å². The molecule has 0 amide bonds. The lowest BCUT2D eigenvalue weighted by Gasteiger charge is -2.29. The third kappa shape index (κ3) is 6.46. The van der Waals surface area contributed by atoms with E-state index in [1.165, 1.54) is 36.8 Å². The summed E-state index contributed by atoms with van der Waals surface area (Å²) < 4.78 is 0. The van der Waals surface area contributed by atoms with Gasteiger partial charge < -0.3 is 0 Å². The lowest BCUT2D eigenvalue weighted by molar-refractivity contribution is 0.362. The number of thiol groups is 1. The van der Waals surface area contributed by atoms with E-state index >= 15 is 0 Å². The molecule has 0 heterocycles. The second kappa shape index (κ2) is 8.88. The minimum absolute atomic E-state index is 0.597. The van der Waals surface area contributed by atoms with Crippen LogP contribution in [-0.4, -0.2) is 5.25 Å². The van der Waals surface area contributed by atoms with Crippen molar-refractivity contribution in [3.05, 3.63) is 34.9 Å². The van der Waals surface area contributed by atoms with Crippen molar-refractivity contribution in [3.8, 4) is 0 Å². The highest BCUT2D eigenvalue weighted by molar-refractivity contribution is 7.81. The molecule has 0 fully saturated rings. The summed E-state index contributed by atoms with van der Waals surface area (Å²) in [5.41, 5.74) is 4.64. The predicted molar refractivity (Wildman–Crippen MR) is 100 cm³/mol. The van der Waals surface area contributed by atoms with Crippen LogP contribution >= 0.6 is 12.6 Å². The summed E-state index contributed by atoms with van der Waals surface area (Å²) in [6.07, 6.45) is 11.9. The van der Waals surface area contributed by atoms with E-state index in [4.69, 9.17) is 0 Å². The van der Waals surface area contributed by atoms with Crippen molar-refractivity contribution in [1.29, 1.82) is 0 Å². The molecule has 0 aromatic carbocycles. The summed E-state index contributed by atoms with van der Waals surface area (Å²) in [7, 11) is 0. The van der Waals surface area contributed by atoms with Gasteiger partial charge in [-0.2, -0.15) is 12.6 Å². The van der Waals surface area contributed by atoms with Crippen molar-refractivity contribution >= 4 is 12.6 Å². The van der Waals surface area contributed by atoms with Gasteiger partial charge in [0.25, 0.3) is 0 Å². The largest absolute Gasteiger partial charge is 0.175 e. The average Bonchev–Trinajstić information content (AvgIpc) is 2.39. The van der Waals surface area contributed by atoms with Gasteiger partial charge in [0.1, 0.15) is 0 Å². The molecule has 0 radical (unpaired) electrons. The minimum atomic E-state index is 0.597. The Morgan fingerprint density at radius 3 is 2.05 bits per heavy atom. The second-order valence-electron chi connectivity index (χ2n) is 7.36. The minimum Gasteiger partial charge on any atom is -0.175 e. The Hall–Kier alpha value is -0.430. The fourth-order valence-corrected chi connectivity index (χ4v) is 3.75. The monoisotopic (exact) mass is 306 g/mol. The molecule has 0 aromatic rings. The highest BCUT2D eigenvalue weighted by Gasteiger charge is 2.23. The molecular weight excluding hydrogens is 272 g/mol.